The largest absolute Gasteiger partial charge is 0.497 e. The Kier molecular flexibility index (Phi) is 5.74. The van der Waals surface area contributed by atoms with Gasteiger partial charge in [-0.1, -0.05) is 6.07 Å². The number of carbonyl (C=O) groups excluding carboxylic acids is 1. The van der Waals surface area contributed by atoms with E-state index in [2.05, 4.69) is 10.6 Å². The molecule has 2 rings (SSSR count). The van der Waals surface area contributed by atoms with Crippen molar-refractivity contribution in [1.29, 1.82) is 0 Å². The first-order valence-corrected chi connectivity index (χ1v) is 7.26. The summed E-state index contributed by atoms with van der Waals surface area (Å²) in [6.07, 6.45) is -4.47. The standard InChI is InChI=1S/C17H17F3N2O3/c1-24-13-6-7-15(25-2)14(9-13)21-10-16(23)22-12-5-3-4-11(8-12)17(18,19)20/h3-9,21H,10H2,1-2H3,(H,22,23). The van der Waals surface area contributed by atoms with Crippen molar-refractivity contribution < 1.29 is 27.4 Å². The Bertz CT molecular complexity index is 748. The van der Waals surface area contributed by atoms with Gasteiger partial charge < -0.3 is 20.1 Å². The van der Waals surface area contributed by atoms with Crippen LogP contribution in [0, 0.1) is 0 Å². The third-order valence-electron chi connectivity index (χ3n) is 3.32. The molecule has 2 aromatic carbocycles. The highest BCUT2D eigenvalue weighted by Crippen LogP contribution is 2.31. The number of nitrogens with one attached hydrogen (secondary N) is 2. The average molecular weight is 354 g/mol. The summed E-state index contributed by atoms with van der Waals surface area (Å²) in [7, 11) is 2.99. The summed E-state index contributed by atoms with van der Waals surface area (Å²) in [5, 5.41) is 5.28. The number of rotatable bonds is 6. The number of carbonyl (C=O) groups is 1. The van der Waals surface area contributed by atoms with Gasteiger partial charge in [0.1, 0.15) is 11.5 Å². The maximum absolute atomic E-state index is 12.7. The molecule has 0 aliphatic heterocycles. The molecule has 5 nitrogen and oxygen atoms in total. The zero-order valence-electron chi connectivity index (χ0n) is 13.6. The number of benzene rings is 2. The van der Waals surface area contributed by atoms with E-state index in [1.54, 1.807) is 18.2 Å². The first-order chi connectivity index (χ1) is 11.8. The Morgan fingerprint density at radius 3 is 2.48 bits per heavy atom. The van der Waals surface area contributed by atoms with Crippen molar-refractivity contribution in [3.05, 3.63) is 48.0 Å². The Hall–Kier alpha value is -2.90. The van der Waals surface area contributed by atoms with Crippen LogP contribution in [0.15, 0.2) is 42.5 Å². The minimum Gasteiger partial charge on any atom is -0.497 e. The van der Waals surface area contributed by atoms with E-state index in [4.69, 9.17) is 9.47 Å². The number of amides is 1. The van der Waals surface area contributed by atoms with Crippen LogP contribution in [0.2, 0.25) is 0 Å². The Morgan fingerprint density at radius 1 is 1.08 bits per heavy atom. The quantitative estimate of drug-likeness (QED) is 0.829. The van der Waals surface area contributed by atoms with E-state index in [-0.39, 0.29) is 12.2 Å². The zero-order valence-corrected chi connectivity index (χ0v) is 13.6. The van der Waals surface area contributed by atoms with E-state index in [1.165, 1.54) is 26.4 Å². The molecule has 134 valence electrons. The normalized spacial score (nSPS) is 10.9. The minimum absolute atomic E-state index is 0.0687. The number of hydrogen-bond acceptors (Lipinski definition) is 4. The van der Waals surface area contributed by atoms with Gasteiger partial charge in [0.2, 0.25) is 5.91 Å². The highest BCUT2D eigenvalue weighted by atomic mass is 19.4. The molecule has 0 fully saturated rings. The molecule has 0 radical (unpaired) electrons. The third kappa shape index (κ3) is 5.03. The molecule has 0 saturated heterocycles. The van der Waals surface area contributed by atoms with Gasteiger partial charge in [-0.3, -0.25) is 4.79 Å². The topological polar surface area (TPSA) is 59.6 Å². The summed E-state index contributed by atoms with van der Waals surface area (Å²) >= 11 is 0. The van der Waals surface area contributed by atoms with Crippen molar-refractivity contribution in [2.45, 2.75) is 6.18 Å². The molecular weight excluding hydrogens is 337 g/mol. The van der Waals surface area contributed by atoms with Gasteiger partial charge in [0.05, 0.1) is 32.0 Å². The molecule has 0 heterocycles. The zero-order chi connectivity index (χ0) is 18.4. The number of anilines is 2. The summed E-state index contributed by atoms with van der Waals surface area (Å²) in [5.41, 5.74) is -0.229. The maximum atomic E-state index is 12.7. The van der Waals surface area contributed by atoms with Gasteiger partial charge in [0, 0.05) is 11.8 Å². The van der Waals surface area contributed by atoms with Crippen LogP contribution in [0.4, 0.5) is 24.5 Å². The van der Waals surface area contributed by atoms with Crippen LogP contribution in [-0.4, -0.2) is 26.7 Å². The molecule has 25 heavy (non-hydrogen) atoms. The summed E-state index contributed by atoms with van der Waals surface area (Å²) in [6.45, 7) is -0.153. The lowest BCUT2D eigenvalue weighted by Crippen LogP contribution is -2.22. The predicted octanol–water partition coefficient (Wildman–Crippen LogP) is 3.77. The number of ether oxygens (including phenoxy) is 2. The molecule has 2 aromatic rings. The van der Waals surface area contributed by atoms with E-state index in [1.807, 2.05) is 0 Å². The van der Waals surface area contributed by atoms with Crippen LogP contribution < -0.4 is 20.1 Å². The fourth-order valence-corrected chi connectivity index (χ4v) is 2.11. The summed E-state index contributed by atoms with van der Waals surface area (Å²) < 4.78 is 48.3. The van der Waals surface area contributed by atoms with Gasteiger partial charge >= 0.3 is 6.18 Å². The van der Waals surface area contributed by atoms with Crippen molar-refractivity contribution >= 4 is 17.3 Å². The maximum Gasteiger partial charge on any atom is 0.416 e. The molecule has 0 aliphatic rings. The van der Waals surface area contributed by atoms with Gasteiger partial charge in [-0.05, 0) is 30.3 Å². The Labute approximate surface area is 142 Å². The van der Waals surface area contributed by atoms with E-state index in [0.717, 1.165) is 12.1 Å². The van der Waals surface area contributed by atoms with Crippen LogP contribution in [0.1, 0.15) is 5.56 Å². The summed E-state index contributed by atoms with van der Waals surface area (Å²) in [5.74, 6) is 0.582. The first-order valence-electron chi connectivity index (χ1n) is 7.26. The van der Waals surface area contributed by atoms with E-state index in [0.29, 0.717) is 17.2 Å². The monoisotopic (exact) mass is 354 g/mol. The van der Waals surface area contributed by atoms with Gasteiger partial charge in [-0.2, -0.15) is 13.2 Å². The molecule has 8 heteroatoms. The van der Waals surface area contributed by atoms with E-state index in [9.17, 15) is 18.0 Å². The van der Waals surface area contributed by atoms with Crippen molar-refractivity contribution in [1.82, 2.24) is 0 Å². The van der Waals surface area contributed by atoms with Crippen LogP contribution in [0.5, 0.6) is 11.5 Å². The summed E-state index contributed by atoms with van der Waals surface area (Å²) in [4.78, 5) is 12.0. The molecule has 0 saturated carbocycles. The number of hydrogen-bond donors (Lipinski definition) is 2. The van der Waals surface area contributed by atoms with Crippen LogP contribution in [-0.2, 0) is 11.0 Å². The Morgan fingerprint density at radius 2 is 1.84 bits per heavy atom. The second-order valence-electron chi connectivity index (χ2n) is 5.05. The highest BCUT2D eigenvalue weighted by Gasteiger charge is 2.30. The number of alkyl halides is 3. The third-order valence-corrected chi connectivity index (χ3v) is 3.32. The van der Waals surface area contributed by atoms with E-state index < -0.39 is 17.6 Å². The van der Waals surface area contributed by atoms with E-state index >= 15 is 0 Å². The lowest BCUT2D eigenvalue weighted by atomic mass is 10.2. The second-order valence-corrected chi connectivity index (χ2v) is 5.05. The molecule has 0 aliphatic carbocycles. The van der Waals surface area contributed by atoms with Gasteiger partial charge in [0.25, 0.3) is 0 Å². The Balaban J connectivity index is 2.02. The highest BCUT2D eigenvalue weighted by molar-refractivity contribution is 5.94. The lowest BCUT2D eigenvalue weighted by Gasteiger charge is -2.13. The lowest BCUT2D eigenvalue weighted by molar-refractivity contribution is -0.137. The number of methoxy groups -OCH3 is 2. The molecule has 0 aromatic heterocycles. The SMILES string of the molecule is COc1ccc(OC)c(NCC(=O)Nc2cccc(C(F)(F)F)c2)c1. The van der Waals surface area contributed by atoms with Gasteiger partial charge in [-0.15, -0.1) is 0 Å². The summed E-state index contributed by atoms with van der Waals surface area (Å²) in [6, 6.07) is 9.46. The molecule has 0 unspecified atom stereocenters. The molecule has 0 bridgehead atoms. The predicted molar refractivity (Wildman–Crippen MR) is 88.1 cm³/mol. The molecule has 2 N–H and O–H groups in total. The van der Waals surface area contributed by atoms with Crippen molar-refractivity contribution in [3.63, 3.8) is 0 Å². The molecule has 1 amide bonds. The van der Waals surface area contributed by atoms with Crippen LogP contribution >= 0.6 is 0 Å². The van der Waals surface area contributed by atoms with Crippen LogP contribution in [0.3, 0.4) is 0 Å². The fourth-order valence-electron chi connectivity index (χ4n) is 2.11. The van der Waals surface area contributed by atoms with Crippen molar-refractivity contribution in [3.8, 4) is 11.5 Å². The molecular formula is C17H17F3N2O3. The second kappa shape index (κ2) is 7.78. The van der Waals surface area contributed by atoms with Crippen LogP contribution in [0.25, 0.3) is 0 Å². The smallest absolute Gasteiger partial charge is 0.416 e. The van der Waals surface area contributed by atoms with Crippen molar-refractivity contribution in [2.24, 2.45) is 0 Å². The van der Waals surface area contributed by atoms with Gasteiger partial charge in [0.15, 0.2) is 0 Å². The molecule has 0 atom stereocenters. The van der Waals surface area contributed by atoms with Crippen molar-refractivity contribution in [2.75, 3.05) is 31.4 Å². The van der Waals surface area contributed by atoms with Gasteiger partial charge in [-0.25, -0.2) is 0 Å². The minimum atomic E-state index is -4.47. The first kappa shape index (κ1) is 18.4. The average Bonchev–Trinajstić information content (AvgIpc) is 2.59. The fraction of sp³-hybridized carbons (Fsp3) is 0.235. The number of halogens is 3. The molecule has 0 spiro atoms.